The van der Waals surface area contributed by atoms with Crippen LogP contribution in [0.2, 0.25) is 0 Å². The first kappa shape index (κ1) is 25.5. The molecule has 0 bridgehead atoms. The van der Waals surface area contributed by atoms with E-state index in [1.165, 1.54) is 10.4 Å². The van der Waals surface area contributed by atoms with Crippen molar-refractivity contribution >= 4 is 21.6 Å². The molecule has 2 N–H and O–H groups in total. The highest BCUT2D eigenvalue weighted by Gasteiger charge is 2.44. The number of alkyl halides is 3. The predicted molar refractivity (Wildman–Crippen MR) is 124 cm³/mol. The second-order valence-electron chi connectivity index (χ2n) is 8.81. The van der Waals surface area contributed by atoms with Gasteiger partial charge in [0, 0.05) is 37.4 Å². The van der Waals surface area contributed by atoms with Crippen LogP contribution in [0.5, 0.6) is 0 Å². The van der Waals surface area contributed by atoms with Gasteiger partial charge in [0.1, 0.15) is 0 Å². The van der Waals surface area contributed by atoms with Crippen LogP contribution in [0.3, 0.4) is 0 Å². The quantitative estimate of drug-likeness (QED) is 0.566. The summed E-state index contributed by atoms with van der Waals surface area (Å²) in [6.45, 7) is 0.889. The van der Waals surface area contributed by atoms with E-state index in [0.29, 0.717) is 62.6 Å². The zero-order chi connectivity index (χ0) is 25.2. The molecule has 0 unspecified atom stereocenters. The lowest BCUT2D eigenvalue weighted by Crippen LogP contribution is -2.49. The number of carbonyl (C=O) groups is 1. The SMILES string of the molecule is O=C(c1ccccc1NCCO)N1CCC(N(C2CC2)S(=O)(=O)c2cccc(C(F)(F)F)c2)CC1. The number of para-hydroxylation sites is 1. The molecule has 2 aromatic rings. The van der Waals surface area contributed by atoms with E-state index in [2.05, 4.69) is 5.32 Å². The lowest BCUT2D eigenvalue weighted by atomic mass is 10.0. The third kappa shape index (κ3) is 5.62. The van der Waals surface area contributed by atoms with Gasteiger partial charge in [0.05, 0.1) is 22.6 Å². The molecule has 2 aliphatic rings. The highest BCUT2D eigenvalue weighted by Crippen LogP contribution is 2.38. The number of amides is 1. The molecule has 35 heavy (non-hydrogen) atoms. The van der Waals surface area contributed by atoms with Crippen LogP contribution in [0.25, 0.3) is 0 Å². The van der Waals surface area contributed by atoms with E-state index in [-0.39, 0.29) is 23.5 Å². The fourth-order valence-electron chi connectivity index (χ4n) is 4.48. The van der Waals surface area contributed by atoms with Crippen LogP contribution in [-0.4, -0.2) is 67.0 Å². The van der Waals surface area contributed by atoms with Gasteiger partial charge in [-0.25, -0.2) is 8.42 Å². The number of carbonyl (C=O) groups excluding carboxylic acids is 1. The normalized spacial score (nSPS) is 17.6. The van der Waals surface area contributed by atoms with Gasteiger partial charge in [-0.05, 0) is 56.0 Å². The third-order valence-corrected chi connectivity index (χ3v) is 8.34. The monoisotopic (exact) mass is 511 g/mol. The first-order valence-electron chi connectivity index (χ1n) is 11.6. The van der Waals surface area contributed by atoms with Gasteiger partial charge >= 0.3 is 6.18 Å². The number of hydrogen-bond donors (Lipinski definition) is 2. The summed E-state index contributed by atoms with van der Waals surface area (Å²) in [4.78, 5) is 14.4. The maximum atomic E-state index is 13.4. The fourth-order valence-corrected chi connectivity index (χ4v) is 6.46. The molecule has 1 saturated carbocycles. The minimum Gasteiger partial charge on any atom is -0.395 e. The number of nitrogens with zero attached hydrogens (tertiary/aromatic N) is 2. The molecule has 1 saturated heterocycles. The van der Waals surface area contributed by atoms with Gasteiger partial charge in [0.15, 0.2) is 0 Å². The van der Waals surface area contributed by atoms with Gasteiger partial charge in [-0.3, -0.25) is 4.79 Å². The van der Waals surface area contributed by atoms with Gasteiger partial charge in [0.25, 0.3) is 5.91 Å². The van der Waals surface area contributed by atoms with E-state index < -0.39 is 27.8 Å². The molecule has 7 nitrogen and oxygen atoms in total. The Labute approximate surface area is 202 Å². The number of piperidine rings is 1. The zero-order valence-corrected chi connectivity index (χ0v) is 19.9. The van der Waals surface area contributed by atoms with E-state index in [9.17, 15) is 26.4 Å². The molecule has 0 spiro atoms. The maximum Gasteiger partial charge on any atom is 0.416 e. The number of benzene rings is 2. The third-order valence-electron chi connectivity index (χ3n) is 6.34. The number of likely N-dealkylation sites (tertiary alicyclic amines) is 1. The summed E-state index contributed by atoms with van der Waals surface area (Å²) in [5.41, 5.74) is 0.0821. The Balaban J connectivity index is 1.50. The molecular weight excluding hydrogens is 483 g/mol. The number of aliphatic hydroxyl groups is 1. The van der Waals surface area contributed by atoms with Crippen molar-refractivity contribution in [2.45, 2.75) is 48.8 Å². The molecule has 0 aromatic heterocycles. The molecule has 2 fully saturated rings. The molecule has 1 aliphatic heterocycles. The average Bonchev–Trinajstić information content (AvgIpc) is 3.67. The Morgan fingerprint density at radius 3 is 2.31 bits per heavy atom. The van der Waals surface area contributed by atoms with Crippen LogP contribution in [0.15, 0.2) is 53.4 Å². The standard InChI is InChI=1S/C24H28F3N3O4S/c25-24(26,27)17-4-3-5-20(16-17)35(33,34)30(18-8-9-18)19-10-13-29(14-11-19)23(32)21-6-1-2-7-22(21)28-12-15-31/h1-7,16,18-19,28,31H,8-15H2. The summed E-state index contributed by atoms with van der Waals surface area (Å²) >= 11 is 0. The highest BCUT2D eigenvalue weighted by molar-refractivity contribution is 7.89. The summed E-state index contributed by atoms with van der Waals surface area (Å²) in [5, 5.41) is 12.1. The molecule has 2 aromatic carbocycles. The number of rotatable bonds is 8. The second-order valence-corrected chi connectivity index (χ2v) is 10.7. The number of hydrogen-bond acceptors (Lipinski definition) is 5. The van der Waals surface area contributed by atoms with Crippen molar-refractivity contribution in [3.05, 3.63) is 59.7 Å². The lowest BCUT2D eigenvalue weighted by Gasteiger charge is -2.38. The Morgan fingerprint density at radius 1 is 1.03 bits per heavy atom. The molecule has 11 heteroatoms. The summed E-state index contributed by atoms with van der Waals surface area (Å²) < 4.78 is 67.8. The van der Waals surface area contributed by atoms with Crippen molar-refractivity contribution in [3.8, 4) is 0 Å². The van der Waals surface area contributed by atoms with E-state index in [1.54, 1.807) is 29.2 Å². The molecule has 4 rings (SSSR count). The Morgan fingerprint density at radius 2 is 1.69 bits per heavy atom. The van der Waals surface area contributed by atoms with Crippen LogP contribution in [0.4, 0.5) is 18.9 Å². The van der Waals surface area contributed by atoms with E-state index in [1.807, 2.05) is 0 Å². The average molecular weight is 512 g/mol. The van der Waals surface area contributed by atoms with Crippen molar-refractivity contribution in [1.29, 1.82) is 0 Å². The predicted octanol–water partition coefficient (Wildman–Crippen LogP) is 3.57. The van der Waals surface area contributed by atoms with E-state index in [4.69, 9.17) is 5.11 Å². The van der Waals surface area contributed by atoms with Crippen LogP contribution in [-0.2, 0) is 16.2 Å². The van der Waals surface area contributed by atoms with Crippen molar-refractivity contribution in [1.82, 2.24) is 9.21 Å². The first-order chi connectivity index (χ1) is 16.6. The van der Waals surface area contributed by atoms with E-state index >= 15 is 0 Å². The largest absolute Gasteiger partial charge is 0.416 e. The molecule has 0 radical (unpaired) electrons. The van der Waals surface area contributed by atoms with Crippen molar-refractivity contribution in [3.63, 3.8) is 0 Å². The van der Waals surface area contributed by atoms with Crippen LogP contribution >= 0.6 is 0 Å². The van der Waals surface area contributed by atoms with Gasteiger partial charge in [-0.15, -0.1) is 0 Å². The summed E-state index contributed by atoms with van der Waals surface area (Å²) in [7, 11) is -4.13. The van der Waals surface area contributed by atoms with Crippen LogP contribution in [0.1, 0.15) is 41.6 Å². The molecule has 0 atom stereocenters. The molecule has 190 valence electrons. The summed E-state index contributed by atoms with van der Waals surface area (Å²) in [6.07, 6.45) is -2.51. The Kier molecular flexibility index (Phi) is 7.39. The number of sulfonamides is 1. The van der Waals surface area contributed by atoms with Crippen molar-refractivity contribution in [2.24, 2.45) is 0 Å². The first-order valence-corrected chi connectivity index (χ1v) is 13.0. The molecular formula is C24H28F3N3O4S. The molecule has 1 heterocycles. The van der Waals surface area contributed by atoms with Gasteiger partial charge in [-0.2, -0.15) is 17.5 Å². The number of anilines is 1. The van der Waals surface area contributed by atoms with Crippen molar-refractivity contribution in [2.75, 3.05) is 31.6 Å². The number of nitrogens with one attached hydrogen (secondary N) is 1. The van der Waals surface area contributed by atoms with Gasteiger partial charge in [-0.1, -0.05) is 18.2 Å². The van der Waals surface area contributed by atoms with Crippen LogP contribution in [0, 0.1) is 0 Å². The van der Waals surface area contributed by atoms with Gasteiger partial charge < -0.3 is 15.3 Å². The minimum atomic E-state index is -4.63. The lowest BCUT2D eigenvalue weighted by molar-refractivity contribution is -0.137. The van der Waals surface area contributed by atoms with Gasteiger partial charge in [0.2, 0.25) is 10.0 Å². The van der Waals surface area contributed by atoms with Crippen molar-refractivity contribution < 1.29 is 31.5 Å². The second kappa shape index (κ2) is 10.2. The zero-order valence-electron chi connectivity index (χ0n) is 19.0. The highest BCUT2D eigenvalue weighted by atomic mass is 32.2. The smallest absolute Gasteiger partial charge is 0.395 e. The molecule has 1 amide bonds. The van der Waals surface area contributed by atoms with Crippen LogP contribution < -0.4 is 5.32 Å². The minimum absolute atomic E-state index is 0.0781. The van der Waals surface area contributed by atoms with E-state index in [0.717, 1.165) is 12.1 Å². The number of aliphatic hydroxyl groups excluding tert-OH is 1. The Bertz CT molecular complexity index is 1160. The topological polar surface area (TPSA) is 89.9 Å². The fraction of sp³-hybridized carbons (Fsp3) is 0.458. The molecule has 1 aliphatic carbocycles. The maximum absolute atomic E-state index is 13.4. The summed E-state index contributed by atoms with van der Waals surface area (Å²) in [6, 6.07) is 10.2. The Hall–Kier alpha value is -2.63. The summed E-state index contributed by atoms with van der Waals surface area (Å²) in [5.74, 6) is -0.191. The number of halogens is 3.